The van der Waals surface area contributed by atoms with Crippen molar-refractivity contribution in [2.45, 2.75) is 58.0 Å². The van der Waals surface area contributed by atoms with E-state index in [2.05, 4.69) is 23.1 Å². The van der Waals surface area contributed by atoms with Crippen LogP contribution in [0.4, 0.5) is 0 Å². The van der Waals surface area contributed by atoms with E-state index in [1.165, 1.54) is 16.7 Å². The van der Waals surface area contributed by atoms with Crippen molar-refractivity contribution in [3.63, 3.8) is 0 Å². The molecule has 2 heterocycles. The Labute approximate surface area is 153 Å². The van der Waals surface area contributed by atoms with Crippen molar-refractivity contribution in [3.05, 3.63) is 46.1 Å². The molecule has 1 aliphatic heterocycles. The van der Waals surface area contributed by atoms with E-state index in [9.17, 15) is 9.90 Å². The van der Waals surface area contributed by atoms with Crippen LogP contribution < -0.4 is 0 Å². The summed E-state index contributed by atoms with van der Waals surface area (Å²) < 4.78 is 5.16. The zero-order chi connectivity index (χ0) is 18.3. The average molecular weight is 355 g/mol. The molecule has 2 aromatic rings. The Kier molecular flexibility index (Phi) is 4.31. The molecule has 0 spiro atoms. The molecule has 0 saturated carbocycles. The standard InChI is InChI=1S/C20H25N3O3/c1-13-7-8-17(16-6-3-5-15(13)16)19(24)23-10-4-9-20(25,12-23)11-18-21-14(2)22-26-18/h7-8,25H,3-6,9-12H2,1-2H3. The highest BCUT2D eigenvalue weighted by Crippen LogP contribution is 2.31. The van der Waals surface area contributed by atoms with Crippen LogP contribution in [0.15, 0.2) is 16.7 Å². The van der Waals surface area contributed by atoms with E-state index >= 15 is 0 Å². The summed E-state index contributed by atoms with van der Waals surface area (Å²) in [5.41, 5.74) is 3.61. The summed E-state index contributed by atoms with van der Waals surface area (Å²) in [5, 5.41) is 14.8. The molecule has 4 rings (SSSR count). The van der Waals surface area contributed by atoms with Crippen molar-refractivity contribution < 1.29 is 14.4 Å². The van der Waals surface area contributed by atoms with Crippen molar-refractivity contribution in [3.8, 4) is 0 Å². The molecule has 0 radical (unpaired) electrons. The number of β-amino-alcohol motifs (C(OH)–C–C–N with tert-alkyl or cyclic N) is 1. The number of hydrogen-bond acceptors (Lipinski definition) is 5. The monoisotopic (exact) mass is 355 g/mol. The maximum Gasteiger partial charge on any atom is 0.254 e. The minimum Gasteiger partial charge on any atom is -0.388 e. The normalized spacial score (nSPS) is 22.5. The topological polar surface area (TPSA) is 79.5 Å². The van der Waals surface area contributed by atoms with Gasteiger partial charge in [-0.25, -0.2) is 0 Å². The number of piperidine rings is 1. The number of aromatic nitrogens is 2. The van der Waals surface area contributed by atoms with Crippen LogP contribution in [0.3, 0.4) is 0 Å². The summed E-state index contributed by atoms with van der Waals surface area (Å²) in [5.74, 6) is 1.01. The SMILES string of the molecule is Cc1noc(CC2(O)CCCN(C(=O)c3ccc(C)c4c3CCC4)C2)n1. The van der Waals surface area contributed by atoms with Crippen molar-refractivity contribution in [2.75, 3.05) is 13.1 Å². The Bertz CT molecular complexity index is 845. The molecule has 1 fully saturated rings. The van der Waals surface area contributed by atoms with Gasteiger partial charge < -0.3 is 14.5 Å². The van der Waals surface area contributed by atoms with Crippen molar-refractivity contribution in [1.82, 2.24) is 15.0 Å². The van der Waals surface area contributed by atoms with Gasteiger partial charge in [0, 0.05) is 12.1 Å². The number of carbonyl (C=O) groups excluding carboxylic acids is 1. The van der Waals surface area contributed by atoms with E-state index in [1.807, 2.05) is 6.07 Å². The summed E-state index contributed by atoms with van der Waals surface area (Å²) >= 11 is 0. The fourth-order valence-electron chi connectivity index (χ4n) is 4.38. The van der Waals surface area contributed by atoms with Crippen LogP contribution in [0.2, 0.25) is 0 Å². The Balaban J connectivity index is 1.54. The van der Waals surface area contributed by atoms with E-state index in [0.29, 0.717) is 31.2 Å². The summed E-state index contributed by atoms with van der Waals surface area (Å²) in [6.07, 6.45) is 4.82. The molecule has 1 saturated heterocycles. The third kappa shape index (κ3) is 3.14. The van der Waals surface area contributed by atoms with Gasteiger partial charge >= 0.3 is 0 Å². The van der Waals surface area contributed by atoms with E-state index in [4.69, 9.17) is 4.52 Å². The van der Waals surface area contributed by atoms with Crippen molar-refractivity contribution in [1.29, 1.82) is 0 Å². The molecular formula is C20H25N3O3. The molecule has 1 aromatic carbocycles. The zero-order valence-corrected chi connectivity index (χ0v) is 15.4. The fourth-order valence-corrected chi connectivity index (χ4v) is 4.38. The maximum atomic E-state index is 13.2. The third-order valence-corrected chi connectivity index (χ3v) is 5.64. The first-order valence-electron chi connectivity index (χ1n) is 9.37. The minimum atomic E-state index is -1.01. The predicted molar refractivity (Wildman–Crippen MR) is 96.0 cm³/mol. The number of carbonyl (C=O) groups is 1. The van der Waals surface area contributed by atoms with Gasteiger partial charge in [-0.15, -0.1) is 0 Å². The minimum absolute atomic E-state index is 0.0305. The Morgan fingerprint density at radius 1 is 1.27 bits per heavy atom. The van der Waals surface area contributed by atoms with Crippen LogP contribution in [-0.4, -0.2) is 44.7 Å². The van der Waals surface area contributed by atoms with Gasteiger partial charge in [-0.3, -0.25) is 4.79 Å². The van der Waals surface area contributed by atoms with E-state index in [0.717, 1.165) is 31.2 Å². The van der Waals surface area contributed by atoms with Gasteiger partial charge in [0.25, 0.3) is 5.91 Å². The van der Waals surface area contributed by atoms with Gasteiger partial charge in [0.05, 0.1) is 18.6 Å². The van der Waals surface area contributed by atoms with E-state index in [1.54, 1.807) is 11.8 Å². The number of rotatable bonds is 3. The quantitative estimate of drug-likeness (QED) is 0.914. The lowest BCUT2D eigenvalue weighted by atomic mass is 9.88. The van der Waals surface area contributed by atoms with Crippen molar-refractivity contribution >= 4 is 5.91 Å². The first kappa shape index (κ1) is 17.2. The lowest BCUT2D eigenvalue weighted by Crippen LogP contribution is -2.51. The summed E-state index contributed by atoms with van der Waals surface area (Å²) in [6, 6.07) is 4.01. The number of aliphatic hydroxyl groups is 1. The van der Waals surface area contributed by atoms with Crippen LogP contribution in [-0.2, 0) is 19.3 Å². The first-order chi connectivity index (χ1) is 12.5. The molecule has 2 aliphatic rings. The second kappa shape index (κ2) is 6.50. The molecule has 6 heteroatoms. The molecule has 1 amide bonds. The molecule has 26 heavy (non-hydrogen) atoms. The largest absolute Gasteiger partial charge is 0.388 e. The third-order valence-electron chi connectivity index (χ3n) is 5.64. The van der Waals surface area contributed by atoms with Gasteiger partial charge in [0.2, 0.25) is 5.89 Å². The van der Waals surface area contributed by atoms with E-state index < -0.39 is 5.60 Å². The number of aryl methyl sites for hydroxylation is 2. The predicted octanol–water partition coefficient (Wildman–Crippen LogP) is 2.38. The number of amides is 1. The molecule has 6 nitrogen and oxygen atoms in total. The molecule has 1 unspecified atom stereocenters. The van der Waals surface area contributed by atoms with Crippen LogP contribution in [0.25, 0.3) is 0 Å². The van der Waals surface area contributed by atoms with Gasteiger partial charge in [0.15, 0.2) is 5.82 Å². The molecular weight excluding hydrogens is 330 g/mol. The molecule has 1 N–H and O–H groups in total. The van der Waals surface area contributed by atoms with Gasteiger partial charge in [0.1, 0.15) is 0 Å². The fraction of sp³-hybridized carbons (Fsp3) is 0.550. The molecule has 0 bridgehead atoms. The van der Waals surface area contributed by atoms with Crippen LogP contribution in [0, 0.1) is 13.8 Å². The smallest absolute Gasteiger partial charge is 0.254 e. The summed E-state index contributed by atoms with van der Waals surface area (Å²) in [7, 11) is 0. The maximum absolute atomic E-state index is 13.2. The van der Waals surface area contributed by atoms with Gasteiger partial charge in [-0.2, -0.15) is 4.98 Å². The highest BCUT2D eigenvalue weighted by molar-refractivity contribution is 5.96. The van der Waals surface area contributed by atoms with Crippen LogP contribution >= 0.6 is 0 Å². The molecule has 1 atom stereocenters. The van der Waals surface area contributed by atoms with Gasteiger partial charge in [-0.1, -0.05) is 11.2 Å². The average Bonchev–Trinajstić information content (AvgIpc) is 3.24. The number of fused-ring (bicyclic) bond motifs is 1. The highest BCUT2D eigenvalue weighted by Gasteiger charge is 2.38. The Morgan fingerprint density at radius 3 is 2.85 bits per heavy atom. The number of benzene rings is 1. The molecule has 1 aromatic heterocycles. The summed E-state index contributed by atoms with van der Waals surface area (Å²) in [6.45, 7) is 4.85. The number of hydrogen-bond donors (Lipinski definition) is 1. The van der Waals surface area contributed by atoms with Crippen molar-refractivity contribution in [2.24, 2.45) is 0 Å². The lowest BCUT2D eigenvalue weighted by molar-refractivity contribution is -0.0286. The first-order valence-corrected chi connectivity index (χ1v) is 9.37. The summed E-state index contributed by atoms with van der Waals surface area (Å²) in [4.78, 5) is 19.2. The van der Waals surface area contributed by atoms with Gasteiger partial charge in [-0.05, 0) is 68.7 Å². The Morgan fingerprint density at radius 2 is 2.08 bits per heavy atom. The molecule has 138 valence electrons. The second-order valence-electron chi connectivity index (χ2n) is 7.71. The Hall–Kier alpha value is -2.21. The second-order valence-corrected chi connectivity index (χ2v) is 7.71. The zero-order valence-electron chi connectivity index (χ0n) is 15.4. The lowest BCUT2D eigenvalue weighted by Gasteiger charge is -2.38. The van der Waals surface area contributed by atoms with Crippen LogP contribution in [0.5, 0.6) is 0 Å². The van der Waals surface area contributed by atoms with E-state index in [-0.39, 0.29) is 12.3 Å². The molecule has 1 aliphatic carbocycles. The highest BCUT2D eigenvalue weighted by atomic mass is 16.5. The number of likely N-dealkylation sites (tertiary alicyclic amines) is 1. The number of nitrogens with zero attached hydrogens (tertiary/aromatic N) is 3. The van der Waals surface area contributed by atoms with Crippen LogP contribution in [0.1, 0.15) is 58.0 Å².